The Morgan fingerprint density at radius 3 is 2.28 bits per heavy atom. The average molecular weight is 389 g/mol. The monoisotopic (exact) mass is 389 g/mol. The van der Waals surface area contributed by atoms with Crippen LogP contribution in [0.25, 0.3) is 5.69 Å². The molecule has 1 N–H and O–H groups in total. The zero-order valence-electron chi connectivity index (χ0n) is 16.4. The number of carbonyl (C=O) groups excluding carboxylic acids is 1. The van der Waals surface area contributed by atoms with Gasteiger partial charge in [0.15, 0.2) is 0 Å². The summed E-state index contributed by atoms with van der Waals surface area (Å²) < 4.78 is 1.84. The van der Waals surface area contributed by atoms with Gasteiger partial charge in [-0.25, -0.2) is 4.68 Å². The van der Waals surface area contributed by atoms with E-state index in [0.717, 1.165) is 22.6 Å². The van der Waals surface area contributed by atoms with Crippen LogP contribution in [0.2, 0.25) is 0 Å². The van der Waals surface area contributed by atoms with Gasteiger partial charge in [-0.15, -0.1) is 0 Å². The molecule has 2 aromatic carbocycles. The van der Waals surface area contributed by atoms with Crippen LogP contribution < -0.4 is 0 Å². The minimum Gasteiger partial charge on any atom is -0.481 e. The van der Waals surface area contributed by atoms with Crippen molar-refractivity contribution in [2.45, 2.75) is 19.8 Å². The second-order valence-corrected chi connectivity index (χ2v) is 7.56. The Balaban J connectivity index is 1.55. The standard InChI is InChI=1S/C23H23N3O3/c1-15-12-16(2)26(24-15)19-10-8-18(9-11-19)22(27)25-13-20(21(14-25)23(28)29)17-6-4-3-5-7-17/h3-12,20-21H,13-14H2,1-2H3,(H,28,29). The summed E-state index contributed by atoms with van der Waals surface area (Å²) in [4.78, 5) is 26.4. The molecule has 0 radical (unpaired) electrons. The van der Waals surface area contributed by atoms with Crippen molar-refractivity contribution in [3.8, 4) is 5.69 Å². The predicted octanol–water partition coefficient (Wildman–Crippen LogP) is 3.43. The molecule has 0 saturated carbocycles. The van der Waals surface area contributed by atoms with Crippen LogP contribution in [0.3, 0.4) is 0 Å². The summed E-state index contributed by atoms with van der Waals surface area (Å²) >= 11 is 0. The molecule has 4 rings (SSSR count). The highest BCUT2D eigenvalue weighted by molar-refractivity contribution is 5.95. The molecule has 0 bridgehead atoms. The van der Waals surface area contributed by atoms with Crippen molar-refractivity contribution in [2.75, 3.05) is 13.1 Å². The number of aromatic nitrogens is 2. The second-order valence-electron chi connectivity index (χ2n) is 7.56. The van der Waals surface area contributed by atoms with Crippen LogP contribution in [0.15, 0.2) is 60.7 Å². The number of aryl methyl sites for hydroxylation is 2. The first-order chi connectivity index (χ1) is 13.9. The number of hydrogen-bond donors (Lipinski definition) is 1. The highest BCUT2D eigenvalue weighted by atomic mass is 16.4. The molecule has 6 nitrogen and oxygen atoms in total. The number of carboxylic acids is 1. The summed E-state index contributed by atoms with van der Waals surface area (Å²) in [5.74, 6) is -1.81. The maximum absolute atomic E-state index is 13.0. The predicted molar refractivity (Wildman–Crippen MR) is 109 cm³/mol. The smallest absolute Gasteiger partial charge is 0.308 e. The van der Waals surface area contributed by atoms with E-state index in [1.165, 1.54) is 0 Å². The van der Waals surface area contributed by atoms with E-state index in [1.54, 1.807) is 17.0 Å². The summed E-state index contributed by atoms with van der Waals surface area (Å²) in [5.41, 5.74) is 4.35. The molecule has 3 aromatic rings. The van der Waals surface area contributed by atoms with Crippen LogP contribution in [-0.4, -0.2) is 44.8 Å². The van der Waals surface area contributed by atoms with Gasteiger partial charge in [0, 0.05) is 30.3 Å². The molecular weight excluding hydrogens is 366 g/mol. The topological polar surface area (TPSA) is 75.4 Å². The van der Waals surface area contributed by atoms with Gasteiger partial charge >= 0.3 is 5.97 Å². The van der Waals surface area contributed by atoms with Gasteiger partial charge < -0.3 is 10.0 Å². The van der Waals surface area contributed by atoms with Crippen molar-refractivity contribution in [2.24, 2.45) is 5.92 Å². The molecule has 1 aliphatic rings. The van der Waals surface area contributed by atoms with E-state index >= 15 is 0 Å². The molecule has 1 aromatic heterocycles. The number of carboxylic acid groups (broad SMARTS) is 1. The van der Waals surface area contributed by atoms with Gasteiger partial charge in [0.2, 0.25) is 0 Å². The van der Waals surface area contributed by atoms with Crippen LogP contribution >= 0.6 is 0 Å². The van der Waals surface area contributed by atoms with E-state index in [4.69, 9.17) is 0 Å². The Labute approximate surface area is 169 Å². The maximum Gasteiger partial charge on any atom is 0.308 e. The van der Waals surface area contributed by atoms with Crippen LogP contribution in [-0.2, 0) is 4.79 Å². The highest BCUT2D eigenvalue weighted by Gasteiger charge is 2.40. The number of likely N-dealkylation sites (tertiary alicyclic amines) is 1. The number of hydrogen-bond acceptors (Lipinski definition) is 3. The Bertz CT molecular complexity index is 1040. The number of amides is 1. The van der Waals surface area contributed by atoms with Gasteiger partial charge in [0.25, 0.3) is 5.91 Å². The summed E-state index contributed by atoms with van der Waals surface area (Å²) in [6, 6.07) is 18.8. The van der Waals surface area contributed by atoms with E-state index in [-0.39, 0.29) is 18.4 Å². The van der Waals surface area contributed by atoms with Crippen LogP contribution in [0, 0.1) is 19.8 Å². The molecule has 2 heterocycles. The molecule has 1 aliphatic heterocycles. The van der Waals surface area contributed by atoms with Gasteiger partial charge in [0.05, 0.1) is 17.3 Å². The van der Waals surface area contributed by atoms with Crippen molar-refractivity contribution in [1.29, 1.82) is 0 Å². The lowest BCUT2D eigenvalue weighted by molar-refractivity contribution is -0.141. The molecule has 2 atom stereocenters. The third kappa shape index (κ3) is 3.66. The van der Waals surface area contributed by atoms with Crippen LogP contribution in [0.4, 0.5) is 0 Å². The summed E-state index contributed by atoms with van der Waals surface area (Å²) in [5, 5.41) is 14.1. The largest absolute Gasteiger partial charge is 0.481 e. The van der Waals surface area contributed by atoms with Gasteiger partial charge in [-0.05, 0) is 49.7 Å². The van der Waals surface area contributed by atoms with E-state index in [1.807, 2.05) is 67.1 Å². The fraction of sp³-hybridized carbons (Fsp3) is 0.261. The molecule has 0 spiro atoms. The van der Waals surface area contributed by atoms with Crippen molar-refractivity contribution < 1.29 is 14.7 Å². The fourth-order valence-corrected chi connectivity index (χ4v) is 4.08. The molecule has 1 saturated heterocycles. The number of carbonyl (C=O) groups is 2. The maximum atomic E-state index is 13.0. The van der Waals surface area contributed by atoms with Crippen LogP contribution in [0.1, 0.15) is 33.2 Å². The molecular formula is C23H23N3O3. The third-order valence-corrected chi connectivity index (χ3v) is 5.52. The van der Waals surface area contributed by atoms with Crippen molar-refractivity contribution in [3.05, 3.63) is 83.2 Å². The zero-order valence-corrected chi connectivity index (χ0v) is 16.4. The van der Waals surface area contributed by atoms with E-state index in [0.29, 0.717) is 12.1 Å². The molecule has 29 heavy (non-hydrogen) atoms. The lowest BCUT2D eigenvalue weighted by atomic mass is 9.89. The Hall–Kier alpha value is -3.41. The van der Waals surface area contributed by atoms with Crippen molar-refractivity contribution in [1.82, 2.24) is 14.7 Å². The van der Waals surface area contributed by atoms with E-state index in [9.17, 15) is 14.7 Å². The quantitative estimate of drug-likeness (QED) is 0.742. The minimum absolute atomic E-state index is 0.144. The van der Waals surface area contributed by atoms with Gasteiger partial charge in [-0.1, -0.05) is 30.3 Å². The third-order valence-electron chi connectivity index (χ3n) is 5.52. The Kier molecular flexibility index (Phi) is 4.92. The minimum atomic E-state index is -0.867. The molecule has 1 fully saturated rings. The average Bonchev–Trinajstić information content (AvgIpc) is 3.32. The number of benzene rings is 2. The Morgan fingerprint density at radius 2 is 1.69 bits per heavy atom. The lowest BCUT2D eigenvalue weighted by Gasteiger charge is -2.17. The Morgan fingerprint density at radius 1 is 1.00 bits per heavy atom. The molecule has 0 aliphatic carbocycles. The van der Waals surface area contributed by atoms with Gasteiger partial charge in [-0.3, -0.25) is 9.59 Å². The van der Waals surface area contributed by atoms with E-state index < -0.39 is 11.9 Å². The first kappa shape index (κ1) is 18.9. The van der Waals surface area contributed by atoms with E-state index in [2.05, 4.69) is 5.10 Å². The SMILES string of the molecule is Cc1cc(C)n(-c2ccc(C(=O)N3CC(C(=O)O)C(c4ccccc4)C3)cc2)n1. The molecule has 1 amide bonds. The number of nitrogens with zero attached hydrogens (tertiary/aromatic N) is 3. The normalized spacial score (nSPS) is 18.8. The van der Waals surface area contributed by atoms with Gasteiger partial charge in [-0.2, -0.15) is 5.10 Å². The van der Waals surface area contributed by atoms with Crippen molar-refractivity contribution >= 4 is 11.9 Å². The molecule has 2 unspecified atom stereocenters. The number of aliphatic carboxylic acids is 1. The van der Waals surface area contributed by atoms with Crippen molar-refractivity contribution in [3.63, 3.8) is 0 Å². The molecule has 6 heteroatoms. The first-order valence-corrected chi connectivity index (χ1v) is 9.65. The lowest BCUT2D eigenvalue weighted by Crippen LogP contribution is -2.29. The molecule has 148 valence electrons. The second kappa shape index (κ2) is 7.54. The van der Waals surface area contributed by atoms with Crippen LogP contribution in [0.5, 0.6) is 0 Å². The summed E-state index contributed by atoms with van der Waals surface area (Å²) in [6.45, 7) is 4.54. The zero-order chi connectivity index (χ0) is 20.5. The first-order valence-electron chi connectivity index (χ1n) is 9.65. The summed E-state index contributed by atoms with van der Waals surface area (Å²) in [7, 11) is 0. The van der Waals surface area contributed by atoms with Gasteiger partial charge in [0.1, 0.15) is 0 Å². The summed E-state index contributed by atoms with van der Waals surface area (Å²) in [6.07, 6.45) is 0. The number of rotatable bonds is 4. The fourth-order valence-electron chi connectivity index (χ4n) is 4.08. The highest BCUT2D eigenvalue weighted by Crippen LogP contribution is 2.33.